The van der Waals surface area contributed by atoms with Crippen LogP contribution in [0.2, 0.25) is 0 Å². The molecule has 0 aliphatic heterocycles. The SMILES string of the molecule is Cc1cc(=O)[nH]c2ccc(NC(=O)C(F)(F)F)cc12. The molecule has 0 aliphatic rings. The molecule has 1 heterocycles. The predicted octanol–water partition coefficient (Wildman–Crippen LogP) is 2.34. The third-order valence-corrected chi connectivity index (χ3v) is 2.57. The number of aromatic nitrogens is 1. The van der Waals surface area contributed by atoms with Gasteiger partial charge in [-0.15, -0.1) is 0 Å². The van der Waals surface area contributed by atoms with Crippen LogP contribution >= 0.6 is 0 Å². The Bertz CT molecular complexity index is 704. The second-order valence-electron chi connectivity index (χ2n) is 4.03. The number of benzene rings is 1. The van der Waals surface area contributed by atoms with Gasteiger partial charge in [-0.25, -0.2) is 0 Å². The predicted molar refractivity (Wildman–Crippen MR) is 64.0 cm³/mol. The van der Waals surface area contributed by atoms with Crippen molar-refractivity contribution in [2.45, 2.75) is 13.1 Å². The smallest absolute Gasteiger partial charge is 0.322 e. The summed E-state index contributed by atoms with van der Waals surface area (Å²) >= 11 is 0. The number of halogens is 3. The van der Waals surface area contributed by atoms with Gasteiger partial charge in [0.15, 0.2) is 0 Å². The first-order chi connectivity index (χ1) is 8.77. The second kappa shape index (κ2) is 4.42. The Morgan fingerprint density at radius 2 is 1.95 bits per heavy atom. The van der Waals surface area contributed by atoms with Crippen molar-refractivity contribution < 1.29 is 18.0 Å². The van der Waals surface area contributed by atoms with Crippen LogP contribution < -0.4 is 10.9 Å². The third kappa shape index (κ3) is 2.75. The molecular formula is C12H9F3N2O2. The molecule has 2 N–H and O–H groups in total. The molecule has 0 spiro atoms. The number of carbonyl (C=O) groups excluding carboxylic acids is 1. The van der Waals surface area contributed by atoms with Gasteiger partial charge in [-0.3, -0.25) is 9.59 Å². The van der Waals surface area contributed by atoms with Crippen molar-refractivity contribution in [3.8, 4) is 0 Å². The van der Waals surface area contributed by atoms with Gasteiger partial charge in [-0.2, -0.15) is 13.2 Å². The maximum absolute atomic E-state index is 12.1. The number of rotatable bonds is 1. The molecule has 0 bridgehead atoms. The maximum atomic E-state index is 12.1. The van der Waals surface area contributed by atoms with Crippen molar-refractivity contribution in [3.63, 3.8) is 0 Å². The van der Waals surface area contributed by atoms with E-state index in [-0.39, 0.29) is 11.2 Å². The summed E-state index contributed by atoms with van der Waals surface area (Å²) in [6, 6.07) is 5.44. The molecule has 19 heavy (non-hydrogen) atoms. The average molecular weight is 270 g/mol. The highest BCUT2D eigenvalue weighted by Gasteiger charge is 2.38. The van der Waals surface area contributed by atoms with Crippen LogP contribution in [0.25, 0.3) is 10.9 Å². The fraction of sp³-hybridized carbons (Fsp3) is 0.167. The molecule has 7 heteroatoms. The maximum Gasteiger partial charge on any atom is 0.471 e. The van der Waals surface area contributed by atoms with Gasteiger partial charge < -0.3 is 10.3 Å². The number of H-pyrrole nitrogens is 1. The number of alkyl halides is 3. The van der Waals surface area contributed by atoms with E-state index < -0.39 is 12.1 Å². The van der Waals surface area contributed by atoms with Crippen molar-refractivity contribution in [2.24, 2.45) is 0 Å². The first-order valence-corrected chi connectivity index (χ1v) is 5.29. The molecule has 1 aromatic heterocycles. The fourth-order valence-electron chi connectivity index (χ4n) is 1.70. The number of anilines is 1. The van der Waals surface area contributed by atoms with E-state index in [1.54, 1.807) is 12.2 Å². The monoisotopic (exact) mass is 270 g/mol. The Kier molecular flexibility index (Phi) is 3.05. The molecular weight excluding hydrogens is 261 g/mol. The molecule has 0 saturated carbocycles. The standard InChI is InChI=1S/C12H9F3N2O2/c1-6-4-10(18)17-9-3-2-7(5-8(6)9)16-11(19)12(13,14)15/h2-5H,1H3,(H,16,19)(H,17,18). The van der Waals surface area contributed by atoms with Crippen molar-refractivity contribution in [3.05, 3.63) is 40.2 Å². The van der Waals surface area contributed by atoms with E-state index in [9.17, 15) is 22.8 Å². The quantitative estimate of drug-likeness (QED) is 0.835. The second-order valence-corrected chi connectivity index (χ2v) is 4.03. The number of carbonyl (C=O) groups is 1. The van der Waals surface area contributed by atoms with Crippen molar-refractivity contribution in [1.82, 2.24) is 4.98 Å². The van der Waals surface area contributed by atoms with Crippen LogP contribution in [0.1, 0.15) is 5.56 Å². The minimum Gasteiger partial charge on any atom is -0.322 e. The molecule has 0 atom stereocenters. The number of aromatic amines is 1. The number of hydrogen-bond donors (Lipinski definition) is 2. The molecule has 1 aromatic carbocycles. The number of nitrogens with one attached hydrogen (secondary N) is 2. The van der Waals surface area contributed by atoms with Gasteiger partial charge in [0.25, 0.3) is 0 Å². The van der Waals surface area contributed by atoms with E-state index in [2.05, 4.69) is 4.98 Å². The summed E-state index contributed by atoms with van der Waals surface area (Å²) in [5.74, 6) is -2.03. The van der Waals surface area contributed by atoms with Crippen LogP contribution in [0.15, 0.2) is 29.1 Å². The molecule has 0 aliphatic carbocycles. The van der Waals surface area contributed by atoms with Gasteiger partial charge in [0, 0.05) is 22.7 Å². The highest BCUT2D eigenvalue weighted by molar-refractivity contribution is 5.97. The van der Waals surface area contributed by atoms with Crippen molar-refractivity contribution in [1.29, 1.82) is 0 Å². The van der Waals surface area contributed by atoms with Gasteiger partial charge in [-0.05, 0) is 30.7 Å². The first-order valence-electron chi connectivity index (χ1n) is 5.29. The molecule has 0 saturated heterocycles. The van der Waals surface area contributed by atoms with Crippen LogP contribution in [0, 0.1) is 6.92 Å². The van der Waals surface area contributed by atoms with Crippen molar-refractivity contribution in [2.75, 3.05) is 5.32 Å². The van der Waals surface area contributed by atoms with E-state index in [1.807, 2.05) is 0 Å². The van der Waals surface area contributed by atoms with E-state index in [4.69, 9.17) is 0 Å². The zero-order chi connectivity index (χ0) is 14.2. The van der Waals surface area contributed by atoms with E-state index in [0.29, 0.717) is 16.5 Å². The number of amides is 1. The van der Waals surface area contributed by atoms with Crippen LogP contribution in [-0.2, 0) is 4.79 Å². The Morgan fingerprint density at radius 3 is 2.58 bits per heavy atom. The number of aryl methyl sites for hydroxylation is 1. The average Bonchev–Trinajstić information content (AvgIpc) is 2.28. The van der Waals surface area contributed by atoms with Gasteiger partial charge in [0.1, 0.15) is 0 Å². The summed E-state index contributed by atoms with van der Waals surface area (Å²) in [6.45, 7) is 1.66. The lowest BCUT2D eigenvalue weighted by molar-refractivity contribution is -0.167. The lowest BCUT2D eigenvalue weighted by atomic mass is 10.1. The van der Waals surface area contributed by atoms with E-state index >= 15 is 0 Å². The Labute approximate surface area is 105 Å². The van der Waals surface area contributed by atoms with Crippen LogP contribution in [0.5, 0.6) is 0 Å². The first kappa shape index (κ1) is 13.1. The molecule has 0 radical (unpaired) electrons. The van der Waals surface area contributed by atoms with Gasteiger partial charge >= 0.3 is 12.1 Å². The minimum absolute atomic E-state index is 0.0185. The summed E-state index contributed by atoms with van der Waals surface area (Å²) in [7, 11) is 0. The minimum atomic E-state index is -4.94. The number of fused-ring (bicyclic) bond motifs is 1. The molecule has 100 valence electrons. The molecule has 0 unspecified atom stereocenters. The molecule has 2 aromatic rings. The Morgan fingerprint density at radius 1 is 1.26 bits per heavy atom. The Hall–Kier alpha value is -2.31. The normalized spacial score (nSPS) is 11.6. The van der Waals surface area contributed by atoms with Gasteiger partial charge in [-0.1, -0.05) is 0 Å². The van der Waals surface area contributed by atoms with Gasteiger partial charge in [0.05, 0.1) is 0 Å². The molecule has 1 amide bonds. The van der Waals surface area contributed by atoms with E-state index in [1.165, 1.54) is 24.3 Å². The van der Waals surface area contributed by atoms with Gasteiger partial charge in [0.2, 0.25) is 5.56 Å². The summed E-state index contributed by atoms with van der Waals surface area (Å²) < 4.78 is 36.4. The fourth-order valence-corrected chi connectivity index (χ4v) is 1.70. The zero-order valence-electron chi connectivity index (χ0n) is 9.76. The van der Waals surface area contributed by atoms with Crippen LogP contribution in [-0.4, -0.2) is 17.1 Å². The van der Waals surface area contributed by atoms with Crippen molar-refractivity contribution >= 4 is 22.5 Å². The summed E-state index contributed by atoms with van der Waals surface area (Å²) in [6.07, 6.45) is -4.94. The van der Waals surface area contributed by atoms with E-state index in [0.717, 1.165) is 0 Å². The number of hydrogen-bond acceptors (Lipinski definition) is 2. The topological polar surface area (TPSA) is 62.0 Å². The zero-order valence-corrected chi connectivity index (χ0v) is 9.76. The summed E-state index contributed by atoms with van der Waals surface area (Å²) in [4.78, 5) is 24.6. The third-order valence-electron chi connectivity index (χ3n) is 2.57. The number of pyridine rings is 1. The lowest BCUT2D eigenvalue weighted by Crippen LogP contribution is -2.29. The van der Waals surface area contributed by atoms with Crippen LogP contribution in [0.4, 0.5) is 18.9 Å². The lowest BCUT2D eigenvalue weighted by Gasteiger charge is -2.09. The summed E-state index contributed by atoms with van der Waals surface area (Å²) in [5.41, 5.74) is 0.832. The largest absolute Gasteiger partial charge is 0.471 e. The highest BCUT2D eigenvalue weighted by Crippen LogP contribution is 2.22. The molecule has 4 nitrogen and oxygen atoms in total. The molecule has 2 rings (SSSR count). The summed E-state index contributed by atoms with van der Waals surface area (Å²) in [5, 5.41) is 2.33. The molecule has 0 fully saturated rings. The highest BCUT2D eigenvalue weighted by atomic mass is 19.4. The van der Waals surface area contributed by atoms with Crippen LogP contribution in [0.3, 0.4) is 0 Å². The Balaban J connectivity index is 2.43.